The molecule has 1 N–H and O–H groups in total. The molecule has 0 aliphatic carbocycles. The van der Waals surface area contributed by atoms with Crippen LogP contribution in [0.4, 0.5) is 18.0 Å². The maximum Gasteiger partial charge on any atom is 0.408 e. The fraction of sp³-hybridized carbons (Fsp3) is 0.273. The number of carbonyl (C=O) groups excluding carboxylic acids is 1. The first-order chi connectivity index (χ1) is 8.44. The number of amides is 1. The Hall–Kier alpha value is -1.94. The molecule has 8 heteroatoms. The molecule has 19 heavy (non-hydrogen) atoms. The fourth-order valence-corrected chi connectivity index (χ4v) is 1.65. The maximum absolute atomic E-state index is 13.5. The van der Waals surface area contributed by atoms with Crippen LogP contribution in [0.25, 0.3) is 0 Å². The molecule has 0 unspecified atom stereocenters. The highest BCUT2D eigenvalue weighted by Gasteiger charge is 2.46. The molecule has 1 amide bonds. The monoisotopic (exact) mass is 292 g/mol. The van der Waals surface area contributed by atoms with Gasteiger partial charge in [0, 0.05) is 0 Å². The number of benzene rings is 1. The summed E-state index contributed by atoms with van der Waals surface area (Å²) >= 11 is 0. The van der Waals surface area contributed by atoms with E-state index in [0.717, 1.165) is 18.2 Å². The van der Waals surface area contributed by atoms with Gasteiger partial charge in [0.25, 0.3) is 0 Å². The van der Waals surface area contributed by atoms with E-state index in [-0.39, 0.29) is 23.5 Å². The zero-order chi connectivity index (χ0) is 13.3. The Balaban J connectivity index is 0.00000180. The van der Waals surface area contributed by atoms with E-state index in [0.29, 0.717) is 0 Å². The summed E-state index contributed by atoms with van der Waals surface area (Å²) in [7, 11) is 0. The topological polar surface area (TPSA) is 62.1 Å². The highest BCUT2D eigenvalue weighted by atomic mass is 35.5. The minimum atomic E-state index is -3.32. The van der Waals surface area contributed by atoms with Crippen LogP contribution in [-0.4, -0.2) is 18.6 Å². The zero-order valence-corrected chi connectivity index (χ0v) is 10.1. The van der Waals surface area contributed by atoms with Gasteiger partial charge in [-0.2, -0.15) is 5.26 Å². The summed E-state index contributed by atoms with van der Waals surface area (Å²) < 4.78 is 44.4. The van der Waals surface area contributed by atoms with Gasteiger partial charge >= 0.3 is 12.0 Å². The minimum absolute atomic E-state index is 0. The van der Waals surface area contributed by atoms with Gasteiger partial charge in [0.2, 0.25) is 0 Å². The predicted molar refractivity (Wildman–Crippen MR) is 60.5 cm³/mol. The summed E-state index contributed by atoms with van der Waals surface area (Å²) in [5.74, 6) is -4.12. The quantitative estimate of drug-likeness (QED) is 0.865. The third-order valence-corrected chi connectivity index (χ3v) is 2.52. The third-order valence-electron chi connectivity index (χ3n) is 2.52. The van der Waals surface area contributed by atoms with E-state index in [1.807, 2.05) is 5.32 Å². The molecule has 0 saturated carbocycles. The minimum Gasteiger partial charge on any atom is -0.443 e. The van der Waals surface area contributed by atoms with E-state index in [1.54, 1.807) is 6.07 Å². The number of cyclic esters (lactones) is 1. The Morgan fingerprint density at radius 3 is 2.79 bits per heavy atom. The molecule has 1 heterocycles. The first-order valence-corrected chi connectivity index (χ1v) is 4.95. The maximum atomic E-state index is 13.5. The van der Waals surface area contributed by atoms with Crippen molar-refractivity contribution in [1.29, 1.82) is 5.26 Å². The Kier molecular flexibility index (Phi) is 4.27. The van der Waals surface area contributed by atoms with Crippen molar-refractivity contribution in [2.75, 3.05) is 6.61 Å². The van der Waals surface area contributed by atoms with Gasteiger partial charge < -0.3 is 10.1 Å². The number of rotatable bonds is 1. The summed E-state index contributed by atoms with van der Waals surface area (Å²) in [6.07, 6.45) is -0.978. The molecule has 1 fully saturated rings. The summed E-state index contributed by atoms with van der Waals surface area (Å²) in [5, 5.41) is 10.6. The molecule has 0 radical (unpaired) electrons. The van der Waals surface area contributed by atoms with Gasteiger partial charge in [-0.3, -0.25) is 0 Å². The number of hydrogen-bond donors (Lipinski definition) is 1. The molecule has 1 aliphatic heterocycles. The Morgan fingerprint density at radius 2 is 2.16 bits per heavy atom. The van der Waals surface area contributed by atoms with E-state index in [4.69, 9.17) is 5.26 Å². The summed E-state index contributed by atoms with van der Waals surface area (Å²) in [5.41, 5.74) is -0.404. The van der Waals surface area contributed by atoms with Crippen LogP contribution >= 0.6 is 12.4 Å². The van der Waals surface area contributed by atoms with Crippen LogP contribution in [0.5, 0.6) is 0 Å². The number of ether oxygens (including phenoxy) is 1. The molecule has 1 aliphatic rings. The standard InChI is InChI=1S/C11H7F3N2O2.ClH/c12-8-2-1-6(3-7(8)4-15)9-11(13,14)5-18-10(17)16-9;/h1-3,9H,5H2,(H,16,17);1H/t9-;/m0./s1. The molecule has 1 aromatic rings. The second-order valence-corrected chi connectivity index (χ2v) is 3.77. The lowest BCUT2D eigenvalue weighted by atomic mass is 9.98. The van der Waals surface area contributed by atoms with Crippen molar-refractivity contribution in [1.82, 2.24) is 5.32 Å². The van der Waals surface area contributed by atoms with Gasteiger partial charge in [0.05, 0.1) is 5.56 Å². The van der Waals surface area contributed by atoms with Gasteiger partial charge in [-0.15, -0.1) is 12.4 Å². The van der Waals surface area contributed by atoms with E-state index < -0.39 is 30.5 Å². The van der Waals surface area contributed by atoms with Crippen molar-refractivity contribution in [2.45, 2.75) is 12.0 Å². The molecule has 0 spiro atoms. The Morgan fingerprint density at radius 1 is 1.47 bits per heavy atom. The van der Waals surface area contributed by atoms with Crippen molar-refractivity contribution in [3.05, 3.63) is 35.1 Å². The molecule has 1 atom stereocenters. The predicted octanol–water partition coefficient (Wildman–Crippen LogP) is 2.54. The van der Waals surface area contributed by atoms with E-state index in [2.05, 4.69) is 4.74 Å². The Bertz CT molecular complexity index is 545. The number of alkyl halides is 2. The summed E-state index contributed by atoms with van der Waals surface area (Å²) in [6, 6.07) is 2.91. The van der Waals surface area contributed by atoms with Crippen LogP contribution in [0.1, 0.15) is 17.2 Å². The Labute approximate surface area is 112 Å². The van der Waals surface area contributed by atoms with Crippen molar-refractivity contribution in [2.24, 2.45) is 0 Å². The molecule has 102 valence electrons. The lowest BCUT2D eigenvalue weighted by molar-refractivity contribution is -0.104. The van der Waals surface area contributed by atoms with Crippen LogP contribution in [0, 0.1) is 17.1 Å². The van der Waals surface area contributed by atoms with Crippen LogP contribution in [0.3, 0.4) is 0 Å². The van der Waals surface area contributed by atoms with E-state index in [9.17, 15) is 18.0 Å². The van der Waals surface area contributed by atoms with Gasteiger partial charge in [-0.05, 0) is 17.7 Å². The highest BCUT2D eigenvalue weighted by molar-refractivity contribution is 5.85. The first-order valence-electron chi connectivity index (χ1n) is 4.95. The molecule has 0 bridgehead atoms. The summed E-state index contributed by atoms with van der Waals surface area (Å²) in [6.45, 7) is -1.05. The number of nitriles is 1. The number of alkyl carbamates (subject to hydrolysis) is 1. The van der Waals surface area contributed by atoms with Gasteiger partial charge in [-0.25, -0.2) is 18.0 Å². The average Bonchev–Trinajstić information content (AvgIpc) is 2.33. The number of hydrogen-bond acceptors (Lipinski definition) is 3. The summed E-state index contributed by atoms with van der Waals surface area (Å²) in [4.78, 5) is 11.0. The van der Waals surface area contributed by atoms with E-state index in [1.165, 1.54) is 0 Å². The lowest BCUT2D eigenvalue weighted by Gasteiger charge is -2.31. The highest BCUT2D eigenvalue weighted by Crippen LogP contribution is 2.34. The van der Waals surface area contributed by atoms with Crippen molar-refractivity contribution < 1.29 is 22.7 Å². The number of nitrogens with zero attached hydrogens (tertiary/aromatic N) is 1. The van der Waals surface area contributed by atoms with Gasteiger partial charge in [0.1, 0.15) is 17.9 Å². The van der Waals surface area contributed by atoms with Crippen LogP contribution in [-0.2, 0) is 4.74 Å². The lowest BCUT2D eigenvalue weighted by Crippen LogP contribution is -2.49. The third kappa shape index (κ3) is 2.90. The molecule has 1 saturated heterocycles. The molecule has 2 rings (SSSR count). The molecule has 4 nitrogen and oxygen atoms in total. The van der Waals surface area contributed by atoms with Crippen molar-refractivity contribution in [3.63, 3.8) is 0 Å². The second kappa shape index (κ2) is 5.36. The van der Waals surface area contributed by atoms with Crippen molar-refractivity contribution in [3.8, 4) is 6.07 Å². The SMILES string of the molecule is Cl.N#Cc1cc([C@@H]2NC(=O)OCC2(F)F)ccc1F. The molecule has 1 aromatic carbocycles. The van der Waals surface area contributed by atoms with Gasteiger partial charge in [-0.1, -0.05) is 6.07 Å². The molecular formula is C11H8ClF3N2O2. The largest absolute Gasteiger partial charge is 0.443 e. The second-order valence-electron chi connectivity index (χ2n) is 3.77. The van der Waals surface area contributed by atoms with Crippen LogP contribution in [0.2, 0.25) is 0 Å². The van der Waals surface area contributed by atoms with Crippen LogP contribution < -0.4 is 5.32 Å². The first kappa shape index (κ1) is 15.1. The van der Waals surface area contributed by atoms with E-state index >= 15 is 0 Å². The van der Waals surface area contributed by atoms with Gasteiger partial charge in [0.15, 0.2) is 6.61 Å². The normalized spacial score (nSPS) is 20.5. The number of carbonyl (C=O) groups is 1. The van der Waals surface area contributed by atoms with Crippen LogP contribution in [0.15, 0.2) is 18.2 Å². The zero-order valence-electron chi connectivity index (χ0n) is 9.32. The average molecular weight is 293 g/mol. The number of halogens is 4. The number of nitrogens with one attached hydrogen (secondary N) is 1. The van der Waals surface area contributed by atoms with Crippen molar-refractivity contribution >= 4 is 18.5 Å². The molecular weight excluding hydrogens is 285 g/mol. The molecule has 0 aromatic heterocycles. The smallest absolute Gasteiger partial charge is 0.408 e. The fourth-order valence-electron chi connectivity index (χ4n) is 1.65.